The number of nitrogens with one attached hydrogen (secondary N) is 8. The number of nitrogens with two attached hydrogens (primary N) is 3. The van der Waals surface area contributed by atoms with Crippen LogP contribution in [0.4, 0.5) is 0 Å². The number of aromatic nitrogens is 1. The molecule has 5 aromatic carbocycles. The molecule has 8 amide bonds. The topological polar surface area (TPSA) is 355 Å². The van der Waals surface area contributed by atoms with Crippen molar-refractivity contribution in [2.45, 2.75) is 126 Å². The van der Waals surface area contributed by atoms with Crippen LogP contribution in [0.1, 0.15) is 60.9 Å². The molecule has 0 aliphatic rings. The predicted octanol–water partition coefficient (Wildman–Crippen LogP) is 0.778. The minimum absolute atomic E-state index is 0.0141. The first-order valence-electron chi connectivity index (χ1n) is 27.3. The summed E-state index contributed by atoms with van der Waals surface area (Å²) in [5.74, 6) is -6.72. The number of fused-ring (bicyclic) bond motifs is 1. The summed E-state index contributed by atoms with van der Waals surface area (Å²) in [4.78, 5) is 116. The first-order valence-corrected chi connectivity index (χ1v) is 27.3. The highest BCUT2D eigenvalue weighted by atomic mass is 16.3. The number of amides is 8. The van der Waals surface area contributed by atoms with Crippen LogP contribution in [0.2, 0.25) is 0 Å². The van der Waals surface area contributed by atoms with Crippen LogP contribution in [0.5, 0.6) is 0 Å². The lowest BCUT2D eigenvalue weighted by Gasteiger charge is -2.29. The SMILES string of the molecule is CC(O)C(NC(=O)C(Cc1ccccc1)NC(=O)C(NC(=O)C(CCCCN)NC(=O)C(Cc1c[nH]c2ccccc12)NC(=O)C(Cc1ccccc1)NC(=O)C(Cc1ccccc1)NC(=O)C(N)Cc1ccccc1)C(C)O)C(N)=O. The summed E-state index contributed by atoms with van der Waals surface area (Å²) in [5.41, 5.74) is 21.8. The van der Waals surface area contributed by atoms with Gasteiger partial charge in [-0.25, -0.2) is 0 Å². The van der Waals surface area contributed by atoms with Gasteiger partial charge in [-0.3, -0.25) is 38.4 Å². The summed E-state index contributed by atoms with van der Waals surface area (Å²) >= 11 is 0. The van der Waals surface area contributed by atoms with Crippen LogP contribution in [-0.4, -0.2) is 130 Å². The summed E-state index contributed by atoms with van der Waals surface area (Å²) in [7, 11) is 0. The highest BCUT2D eigenvalue weighted by Gasteiger charge is 2.36. The molecular weight excluding hydrogens is 1050 g/mol. The van der Waals surface area contributed by atoms with E-state index in [0.29, 0.717) is 35.1 Å². The maximum Gasteiger partial charge on any atom is 0.245 e. The number of hydrogen-bond acceptors (Lipinski definition) is 12. The number of para-hydroxylation sites is 1. The first kappa shape index (κ1) is 62.4. The van der Waals surface area contributed by atoms with Gasteiger partial charge in [0.25, 0.3) is 0 Å². The Morgan fingerprint density at radius 1 is 0.439 bits per heavy atom. The number of aromatic amines is 1. The lowest BCUT2D eigenvalue weighted by atomic mass is 10.00. The number of aliphatic hydroxyl groups is 2. The fourth-order valence-electron chi connectivity index (χ4n) is 9.33. The Balaban J connectivity index is 1.27. The van der Waals surface area contributed by atoms with Crippen LogP contribution < -0.4 is 54.4 Å². The average molecular weight is 1120 g/mol. The van der Waals surface area contributed by atoms with Crippen molar-refractivity contribution in [2.75, 3.05) is 6.54 Å². The molecule has 0 fully saturated rings. The zero-order valence-electron chi connectivity index (χ0n) is 46.0. The summed E-state index contributed by atoms with van der Waals surface area (Å²) in [6, 6.07) is 31.9. The molecule has 0 radical (unpaired) electrons. The molecule has 0 bridgehead atoms. The molecule has 21 heteroatoms. The Kier molecular flexibility index (Phi) is 23.8. The second kappa shape index (κ2) is 31.3. The van der Waals surface area contributed by atoms with E-state index < -0.39 is 108 Å². The quantitative estimate of drug-likeness (QED) is 0.0269. The fraction of sp³-hybridized carbons (Fsp3) is 0.344. The number of aliphatic hydroxyl groups excluding tert-OH is 2. The number of carbonyl (C=O) groups is 8. The minimum Gasteiger partial charge on any atom is -0.391 e. The van der Waals surface area contributed by atoms with E-state index in [1.54, 1.807) is 91.1 Å². The van der Waals surface area contributed by atoms with Crippen molar-refractivity contribution in [3.05, 3.63) is 180 Å². The van der Waals surface area contributed by atoms with Gasteiger partial charge in [-0.15, -0.1) is 0 Å². The van der Waals surface area contributed by atoms with Crippen molar-refractivity contribution >= 4 is 58.2 Å². The third kappa shape index (κ3) is 18.9. The standard InChI is InChI=1S/C61H75N11O10/c1-37(73)52(54(64)75)71-60(81)50(34-42-25-13-6-14-26-42)70-61(82)53(38(2)74)72-56(77)47(29-17-18-30-62)66-59(80)51(35-43-36-65-46-28-16-15-27-44(43)46)69-58(79)49(33-41-23-11-5-12-24-41)68-57(78)48(32-40-21-9-4-10-22-40)67-55(76)45(63)31-39-19-7-3-8-20-39/h3-16,19-28,36-38,45,47-53,65,73-74H,17-18,29-35,62-63H2,1-2H3,(H2,64,75)(H,66,80)(H,67,76)(H,68,78)(H,69,79)(H,70,82)(H,71,81)(H,72,77). The molecule has 21 nitrogen and oxygen atoms in total. The number of unbranched alkanes of at least 4 members (excludes halogenated alkanes) is 1. The van der Waals surface area contributed by atoms with Crippen molar-refractivity contribution in [2.24, 2.45) is 17.2 Å². The molecule has 10 atom stereocenters. The number of H-pyrrole nitrogens is 1. The van der Waals surface area contributed by atoms with Gasteiger partial charge < -0.3 is 69.6 Å². The van der Waals surface area contributed by atoms with Crippen LogP contribution in [0.15, 0.2) is 152 Å². The molecule has 6 rings (SSSR count). The maximum absolute atomic E-state index is 15.0. The van der Waals surface area contributed by atoms with Crippen LogP contribution in [0, 0.1) is 0 Å². The molecule has 6 aromatic rings. The van der Waals surface area contributed by atoms with Gasteiger partial charge in [-0.1, -0.05) is 140 Å². The second-order valence-corrected chi connectivity index (χ2v) is 20.4. The summed E-state index contributed by atoms with van der Waals surface area (Å²) in [6.07, 6.45) is -0.592. The molecule has 82 heavy (non-hydrogen) atoms. The van der Waals surface area contributed by atoms with E-state index in [-0.39, 0.29) is 45.1 Å². The molecule has 1 heterocycles. The van der Waals surface area contributed by atoms with Gasteiger partial charge in [0.15, 0.2) is 0 Å². The van der Waals surface area contributed by atoms with Crippen molar-refractivity contribution < 1.29 is 48.6 Å². The average Bonchev–Trinajstić information content (AvgIpc) is 3.93. The molecule has 1 aromatic heterocycles. The Labute approximate surface area is 476 Å². The normalized spacial score (nSPS) is 14.9. The smallest absolute Gasteiger partial charge is 0.245 e. The molecule has 0 aliphatic heterocycles. The van der Waals surface area contributed by atoms with E-state index in [4.69, 9.17) is 17.2 Å². The highest BCUT2D eigenvalue weighted by molar-refractivity contribution is 5.98. The van der Waals surface area contributed by atoms with Crippen LogP contribution in [-0.2, 0) is 70.5 Å². The van der Waals surface area contributed by atoms with Gasteiger partial charge >= 0.3 is 0 Å². The van der Waals surface area contributed by atoms with Gasteiger partial charge in [0.05, 0.1) is 18.2 Å². The predicted molar refractivity (Wildman–Crippen MR) is 310 cm³/mol. The molecule has 16 N–H and O–H groups in total. The summed E-state index contributed by atoms with van der Waals surface area (Å²) in [6.45, 7) is 2.73. The molecule has 0 aliphatic carbocycles. The fourth-order valence-corrected chi connectivity index (χ4v) is 9.33. The van der Waals surface area contributed by atoms with Gasteiger partial charge in [-0.05, 0) is 80.0 Å². The van der Waals surface area contributed by atoms with E-state index in [1.165, 1.54) is 13.8 Å². The van der Waals surface area contributed by atoms with E-state index in [2.05, 4.69) is 42.2 Å². The van der Waals surface area contributed by atoms with Gasteiger partial charge in [0, 0.05) is 42.8 Å². The van der Waals surface area contributed by atoms with E-state index >= 15 is 0 Å². The largest absolute Gasteiger partial charge is 0.391 e. The van der Waals surface area contributed by atoms with Gasteiger partial charge in [0.1, 0.15) is 42.3 Å². The molecular formula is C61H75N11O10. The zero-order valence-corrected chi connectivity index (χ0v) is 46.0. The van der Waals surface area contributed by atoms with E-state index in [0.717, 1.165) is 16.5 Å². The van der Waals surface area contributed by atoms with Crippen LogP contribution in [0.3, 0.4) is 0 Å². The summed E-state index contributed by atoms with van der Waals surface area (Å²) in [5, 5.41) is 40.7. The minimum atomic E-state index is -1.71. The van der Waals surface area contributed by atoms with Crippen LogP contribution in [0.25, 0.3) is 10.9 Å². The second-order valence-electron chi connectivity index (χ2n) is 20.4. The number of primary amides is 1. The number of carbonyl (C=O) groups excluding carboxylic acids is 8. The van der Waals surface area contributed by atoms with Crippen molar-refractivity contribution in [3.8, 4) is 0 Å². The molecule has 0 saturated carbocycles. The number of hydrogen-bond donors (Lipinski definition) is 13. The van der Waals surface area contributed by atoms with Crippen molar-refractivity contribution in [1.82, 2.24) is 42.2 Å². The molecule has 10 unspecified atom stereocenters. The Morgan fingerprint density at radius 3 is 1.26 bits per heavy atom. The first-order chi connectivity index (χ1) is 39.4. The monoisotopic (exact) mass is 1120 g/mol. The highest BCUT2D eigenvalue weighted by Crippen LogP contribution is 2.20. The third-order valence-corrected chi connectivity index (χ3v) is 13.8. The van der Waals surface area contributed by atoms with Crippen LogP contribution >= 0.6 is 0 Å². The number of rotatable bonds is 31. The summed E-state index contributed by atoms with van der Waals surface area (Å²) < 4.78 is 0. The molecule has 0 spiro atoms. The van der Waals surface area contributed by atoms with Crippen molar-refractivity contribution in [1.29, 1.82) is 0 Å². The Hall–Kier alpha value is -8.76. The maximum atomic E-state index is 15.0. The lowest BCUT2D eigenvalue weighted by Crippen LogP contribution is -2.62. The lowest BCUT2D eigenvalue weighted by molar-refractivity contribution is -0.137. The van der Waals surface area contributed by atoms with Gasteiger partial charge in [-0.2, -0.15) is 0 Å². The zero-order chi connectivity index (χ0) is 59.1. The van der Waals surface area contributed by atoms with E-state index in [9.17, 15) is 48.6 Å². The van der Waals surface area contributed by atoms with Gasteiger partial charge in [0.2, 0.25) is 47.3 Å². The third-order valence-electron chi connectivity index (χ3n) is 13.8. The molecule has 434 valence electrons. The number of benzene rings is 5. The van der Waals surface area contributed by atoms with E-state index in [1.807, 2.05) is 60.7 Å². The Morgan fingerprint density at radius 2 is 0.805 bits per heavy atom. The Bertz CT molecular complexity index is 3060. The van der Waals surface area contributed by atoms with Crippen molar-refractivity contribution in [3.63, 3.8) is 0 Å². The molecule has 0 saturated heterocycles.